The zero-order valence-corrected chi connectivity index (χ0v) is 12.1. The summed E-state index contributed by atoms with van der Waals surface area (Å²) in [5, 5.41) is 3.33. The SMILES string of the molecule is CCC(C)NCC(C)Oc1ccc(Br)cc1F. The van der Waals surface area contributed by atoms with E-state index >= 15 is 0 Å². The Morgan fingerprint density at radius 1 is 1.41 bits per heavy atom. The second kappa shape index (κ2) is 6.97. The van der Waals surface area contributed by atoms with Gasteiger partial charge in [-0.1, -0.05) is 22.9 Å². The van der Waals surface area contributed by atoms with Crippen molar-refractivity contribution in [3.63, 3.8) is 0 Å². The van der Waals surface area contributed by atoms with E-state index < -0.39 is 0 Å². The molecule has 4 heteroatoms. The average Bonchev–Trinajstić information content (AvgIpc) is 2.29. The first-order valence-electron chi connectivity index (χ1n) is 5.88. The average molecular weight is 304 g/mol. The van der Waals surface area contributed by atoms with Gasteiger partial charge in [-0.25, -0.2) is 4.39 Å². The third-order valence-electron chi connectivity index (χ3n) is 2.59. The van der Waals surface area contributed by atoms with Crippen molar-refractivity contribution in [1.82, 2.24) is 5.32 Å². The van der Waals surface area contributed by atoms with E-state index in [0.717, 1.165) is 6.42 Å². The van der Waals surface area contributed by atoms with Crippen molar-refractivity contribution < 1.29 is 9.13 Å². The molecule has 0 aliphatic rings. The number of hydrogen-bond acceptors (Lipinski definition) is 2. The van der Waals surface area contributed by atoms with E-state index in [1.165, 1.54) is 6.07 Å². The molecule has 0 spiro atoms. The maximum absolute atomic E-state index is 13.5. The molecule has 0 aliphatic heterocycles. The molecule has 2 unspecified atom stereocenters. The van der Waals surface area contributed by atoms with Crippen LogP contribution in [-0.2, 0) is 0 Å². The fourth-order valence-electron chi connectivity index (χ4n) is 1.34. The summed E-state index contributed by atoms with van der Waals surface area (Å²) in [5.74, 6) is -0.0404. The lowest BCUT2D eigenvalue weighted by molar-refractivity contribution is 0.203. The molecule has 1 rings (SSSR count). The van der Waals surface area contributed by atoms with E-state index in [9.17, 15) is 4.39 Å². The fourth-order valence-corrected chi connectivity index (χ4v) is 1.67. The van der Waals surface area contributed by atoms with E-state index in [2.05, 4.69) is 35.1 Å². The number of ether oxygens (including phenoxy) is 1. The molecule has 2 atom stereocenters. The van der Waals surface area contributed by atoms with Gasteiger partial charge in [-0.05, 0) is 38.5 Å². The number of hydrogen-bond donors (Lipinski definition) is 1. The molecule has 1 N–H and O–H groups in total. The van der Waals surface area contributed by atoms with Crippen LogP contribution in [0.5, 0.6) is 5.75 Å². The van der Waals surface area contributed by atoms with E-state index in [4.69, 9.17) is 4.74 Å². The van der Waals surface area contributed by atoms with Crippen molar-refractivity contribution >= 4 is 15.9 Å². The summed E-state index contributed by atoms with van der Waals surface area (Å²) in [4.78, 5) is 0. The monoisotopic (exact) mass is 303 g/mol. The summed E-state index contributed by atoms with van der Waals surface area (Å²) in [7, 11) is 0. The number of nitrogens with one attached hydrogen (secondary N) is 1. The van der Waals surface area contributed by atoms with Gasteiger partial charge in [0.05, 0.1) is 0 Å². The molecular weight excluding hydrogens is 285 g/mol. The Labute approximate surface area is 111 Å². The van der Waals surface area contributed by atoms with Gasteiger partial charge >= 0.3 is 0 Å². The predicted molar refractivity (Wildman–Crippen MR) is 71.9 cm³/mol. The van der Waals surface area contributed by atoms with E-state index in [0.29, 0.717) is 22.8 Å². The Balaban J connectivity index is 2.47. The molecule has 0 fully saturated rings. The van der Waals surface area contributed by atoms with Gasteiger partial charge in [0.1, 0.15) is 6.10 Å². The Hall–Kier alpha value is -0.610. The highest BCUT2D eigenvalue weighted by atomic mass is 79.9. The third kappa shape index (κ3) is 5.04. The highest BCUT2D eigenvalue weighted by molar-refractivity contribution is 9.10. The Morgan fingerprint density at radius 3 is 2.71 bits per heavy atom. The molecule has 0 saturated heterocycles. The van der Waals surface area contributed by atoms with Crippen LogP contribution >= 0.6 is 15.9 Å². The Bertz CT molecular complexity index is 359. The molecule has 0 amide bonds. The predicted octanol–water partition coefficient (Wildman–Crippen LogP) is 3.74. The van der Waals surface area contributed by atoms with Crippen molar-refractivity contribution in [2.45, 2.75) is 39.3 Å². The molecular formula is C13H19BrFNO. The van der Waals surface area contributed by atoms with Crippen molar-refractivity contribution in [3.05, 3.63) is 28.5 Å². The van der Waals surface area contributed by atoms with Crippen LogP contribution in [0.25, 0.3) is 0 Å². The second-order valence-electron chi connectivity index (χ2n) is 4.22. The first-order valence-corrected chi connectivity index (χ1v) is 6.67. The minimum atomic E-state index is -0.338. The van der Waals surface area contributed by atoms with Crippen molar-refractivity contribution in [3.8, 4) is 5.75 Å². The molecule has 1 aromatic carbocycles. The molecule has 0 radical (unpaired) electrons. The number of benzene rings is 1. The minimum absolute atomic E-state index is 0.0559. The van der Waals surface area contributed by atoms with Gasteiger partial charge in [0, 0.05) is 17.1 Å². The van der Waals surface area contributed by atoms with E-state index in [1.54, 1.807) is 12.1 Å². The summed E-state index contributed by atoms with van der Waals surface area (Å²) < 4.78 is 19.8. The van der Waals surface area contributed by atoms with E-state index in [1.807, 2.05) is 6.92 Å². The summed E-state index contributed by atoms with van der Waals surface area (Å²) >= 11 is 3.21. The third-order valence-corrected chi connectivity index (χ3v) is 3.08. The normalized spacial score (nSPS) is 14.4. The molecule has 0 saturated carbocycles. The summed E-state index contributed by atoms with van der Waals surface area (Å²) in [6.45, 7) is 6.88. The fraction of sp³-hybridized carbons (Fsp3) is 0.538. The zero-order chi connectivity index (χ0) is 12.8. The Morgan fingerprint density at radius 2 is 2.12 bits per heavy atom. The topological polar surface area (TPSA) is 21.3 Å². The van der Waals surface area contributed by atoms with Gasteiger partial charge in [0.25, 0.3) is 0 Å². The summed E-state index contributed by atoms with van der Waals surface area (Å²) in [6.07, 6.45) is 1.01. The highest BCUT2D eigenvalue weighted by Crippen LogP contribution is 2.22. The van der Waals surface area contributed by atoms with Crippen LogP contribution < -0.4 is 10.1 Å². The zero-order valence-electron chi connectivity index (χ0n) is 10.5. The molecule has 1 aromatic rings. The second-order valence-corrected chi connectivity index (χ2v) is 5.14. The minimum Gasteiger partial charge on any atom is -0.486 e. The van der Waals surface area contributed by atoms with Gasteiger partial charge < -0.3 is 10.1 Å². The molecule has 2 nitrogen and oxygen atoms in total. The summed E-state index contributed by atoms with van der Waals surface area (Å²) in [5.41, 5.74) is 0. The van der Waals surface area contributed by atoms with Crippen molar-refractivity contribution in [2.24, 2.45) is 0 Å². The van der Waals surface area contributed by atoms with Gasteiger partial charge in [-0.3, -0.25) is 0 Å². The van der Waals surface area contributed by atoms with Gasteiger partial charge in [0.2, 0.25) is 0 Å². The van der Waals surface area contributed by atoms with Crippen molar-refractivity contribution in [1.29, 1.82) is 0 Å². The lowest BCUT2D eigenvalue weighted by Crippen LogP contribution is -2.34. The maximum atomic E-state index is 13.5. The van der Waals surface area contributed by atoms with Gasteiger partial charge in [-0.2, -0.15) is 0 Å². The number of rotatable bonds is 6. The summed E-state index contributed by atoms with van der Waals surface area (Å²) in [6, 6.07) is 5.27. The molecule has 96 valence electrons. The molecule has 0 heterocycles. The smallest absolute Gasteiger partial charge is 0.166 e. The molecule has 17 heavy (non-hydrogen) atoms. The van der Waals surface area contributed by atoms with Gasteiger partial charge in [0.15, 0.2) is 11.6 Å². The van der Waals surface area contributed by atoms with Crippen LogP contribution in [0.15, 0.2) is 22.7 Å². The highest BCUT2D eigenvalue weighted by Gasteiger charge is 2.09. The van der Waals surface area contributed by atoms with Gasteiger partial charge in [-0.15, -0.1) is 0 Å². The first-order chi connectivity index (χ1) is 8.02. The lowest BCUT2D eigenvalue weighted by Gasteiger charge is -2.18. The first kappa shape index (κ1) is 14.5. The quantitative estimate of drug-likeness (QED) is 0.864. The standard InChI is InChI=1S/C13H19BrFNO/c1-4-9(2)16-8-10(3)17-13-6-5-11(14)7-12(13)15/h5-7,9-10,16H,4,8H2,1-3H3. The van der Waals surface area contributed by atoms with Crippen LogP contribution in [0.4, 0.5) is 4.39 Å². The van der Waals surface area contributed by atoms with Crippen LogP contribution in [0.3, 0.4) is 0 Å². The van der Waals surface area contributed by atoms with Crippen LogP contribution in [-0.4, -0.2) is 18.7 Å². The largest absolute Gasteiger partial charge is 0.486 e. The number of halogens is 2. The lowest BCUT2D eigenvalue weighted by atomic mass is 10.2. The molecule has 0 bridgehead atoms. The Kier molecular flexibility index (Phi) is 5.92. The van der Waals surface area contributed by atoms with Crippen LogP contribution in [0.1, 0.15) is 27.2 Å². The van der Waals surface area contributed by atoms with Crippen molar-refractivity contribution in [2.75, 3.05) is 6.54 Å². The van der Waals surface area contributed by atoms with Crippen LogP contribution in [0, 0.1) is 5.82 Å². The molecule has 0 aromatic heterocycles. The van der Waals surface area contributed by atoms with E-state index in [-0.39, 0.29) is 11.9 Å². The maximum Gasteiger partial charge on any atom is 0.166 e. The van der Waals surface area contributed by atoms with Crippen LogP contribution in [0.2, 0.25) is 0 Å². The molecule has 0 aliphatic carbocycles.